The Hall–Kier alpha value is -2.63. The molecule has 2 aromatic carbocycles. The maximum Gasteiger partial charge on any atom is 0.348 e. The van der Waals surface area contributed by atoms with Crippen molar-refractivity contribution < 1.29 is 4.42 Å². The number of fused-ring (bicyclic) bond motifs is 3. The Morgan fingerprint density at radius 1 is 1.04 bits per heavy atom. The summed E-state index contributed by atoms with van der Waals surface area (Å²) in [6.07, 6.45) is 2.44. The number of hydrogen-bond donors (Lipinski definition) is 0. The van der Waals surface area contributed by atoms with E-state index in [-0.39, 0.29) is 5.69 Å². The van der Waals surface area contributed by atoms with Gasteiger partial charge in [-0.05, 0) is 44.1 Å². The van der Waals surface area contributed by atoms with E-state index in [1.807, 2.05) is 42.5 Å². The Labute approximate surface area is 167 Å². The van der Waals surface area contributed by atoms with Crippen molar-refractivity contribution in [2.75, 3.05) is 19.6 Å². The third-order valence-corrected chi connectivity index (χ3v) is 5.67. The van der Waals surface area contributed by atoms with E-state index in [1.165, 1.54) is 12.8 Å². The Balaban J connectivity index is 1.74. The molecule has 2 aromatic heterocycles. The lowest BCUT2D eigenvalue weighted by Gasteiger charge is -2.16. The summed E-state index contributed by atoms with van der Waals surface area (Å²) in [4.78, 5) is 19.8. The van der Waals surface area contributed by atoms with E-state index in [0.717, 1.165) is 36.1 Å². The first kappa shape index (κ1) is 17.5. The molecule has 1 aliphatic heterocycles. The number of likely N-dealkylation sites (tertiary alicyclic amines) is 1. The summed E-state index contributed by atoms with van der Waals surface area (Å²) in [6, 6.07) is 15.2. The summed E-state index contributed by atoms with van der Waals surface area (Å²) < 4.78 is 7.90. The summed E-state index contributed by atoms with van der Waals surface area (Å²) >= 11 is 6.25. The van der Waals surface area contributed by atoms with Gasteiger partial charge >= 0.3 is 5.69 Å². The fraction of sp³-hybridized carbons (Fsp3) is 0.273. The van der Waals surface area contributed by atoms with Crippen LogP contribution in [-0.4, -0.2) is 34.1 Å². The molecule has 0 spiro atoms. The van der Waals surface area contributed by atoms with E-state index in [9.17, 15) is 4.79 Å². The first-order valence-corrected chi connectivity index (χ1v) is 9.99. The number of nitrogens with zero attached hydrogens (tertiary/aromatic N) is 3. The summed E-state index contributed by atoms with van der Waals surface area (Å²) in [6.45, 7) is 3.59. The molecule has 0 N–H and O–H groups in total. The average Bonchev–Trinajstić information content (AvgIpc) is 3.35. The van der Waals surface area contributed by atoms with Crippen LogP contribution in [0, 0.1) is 0 Å². The van der Waals surface area contributed by atoms with Gasteiger partial charge < -0.3 is 9.32 Å². The fourth-order valence-corrected chi connectivity index (χ4v) is 4.21. The number of furan rings is 1. The lowest BCUT2D eigenvalue weighted by molar-refractivity contribution is 0.322. The standard InChI is InChI=1S/C22H20ClN3O2/c23-16-8-9-18-17(14-16)20-21(28-18)19(15-6-2-1-3-7-15)24-22(27)26(20)13-12-25-10-4-5-11-25/h1-3,6-9,14H,4-5,10-13H2. The van der Waals surface area contributed by atoms with E-state index in [1.54, 1.807) is 10.6 Å². The zero-order valence-electron chi connectivity index (χ0n) is 15.4. The van der Waals surface area contributed by atoms with E-state index >= 15 is 0 Å². The molecule has 1 fully saturated rings. The van der Waals surface area contributed by atoms with Crippen LogP contribution in [0.4, 0.5) is 0 Å². The van der Waals surface area contributed by atoms with Gasteiger partial charge in [0.2, 0.25) is 0 Å². The molecule has 0 radical (unpaired) electrons. The van der Waals surface area contributed by atoms with Crippen molar-refractivity contribution in [3.63, 3.8) is 0 Å². The molecule has 142 valence electrons. The van der Waals surface area contributed by atoms with Crippen LogP contribution in [0.25, 0.3) is 33.3 Å². The second-order valence-electron chi connectivity index (χ2n) is 7.23. The highest BCUT2D eigenvalue weighted by molar-refractivity contribution is 6.31. The summed E-state index contributed by atoms with van der Waals surface area (Å²) in [5, 5.41) is 1.47. The average molecular weight is 394 g/mol. The molecule has 0 aliphatic carbocycles. The van der Waals surface area contributed by atoms with Crippen molar-refractivity contribution in [2.45, 2.75) is 19.4 Å². The Morgan fingerprint density at radius 2 is 1.82 bits per heavy atom. The van der Waals surface area contributed by atoms with Crippen LogP contribution in [-0.2, 0) is 6.54 Å². The lowest BCUT2D eigenvalue weighted by atomic mass is 10.1. The van der Waals surface area contributed by atoms with Gasteiger partial charge in [-0.1, -0.05) is 41.9 Å². The van der Waals surface area contributed by atoms with Crippen LogP contribution < -0.4 is 5.69 Å². The largest absolute Gasteiger partial charge is 0.452 e. The summed E-state index contributed by atoms with van der Waals surface area (Å²) in [5.41, 5.74) is 3.29. The van der Waals surface area contributed by atoms with Crippen molar-refractivity contribution in [3.05, 3.63) is 64.0 Å². The third-order valence-electron chi connectivity index (χ3n) is 5.43. The van der Waals surface area contributed by atoms with Crippen LogP contribution in [0.5, 0.6) is 0 Å². The van der Waals surface area contributed by atoms with Gasteiger partial charge in [-0.25, -0.2) is 4.79 Å². The van der Waals surface area contributed by atoms with Crippen LogP contribution in [0.1, 0.15) is 12.8 Å². The number of rotatable bonds is 4. The highest BCUT2D eigenvalue weighted by Crippen LogP contribution is 2.34. The monoisotopic (exact) mass is 393 g/mol. The third kappa shape index (κ3) is 3.01. The molecule has 6 heteroatoms. The van der Waals surface area contributed by atoms with E-state index in [0.29, 0.717) is 28.4 Å². The van der Waals surface area contributed by atoms with Crippen molar-refractivity contribution in [3.8, 4) is 11.3 Å². The van der Waals surface area contributed by atoms with Crippen LogP contribution in [0.15, 0.2) is 57.7 Å². The van der Waals surface area contributed by atoms with Crippen molar-refractivity contribution in [1.29, 1.82) is 0 Å². The maximum atomic E-state index is 13.0. The molecule has 0 amide bonds. The minimum absolute atomic E-state index is 0.256. The topological polar surface area (TPSA) is 51.3 Å². The highest BCUT2D eigenvalue weighted by atomic mass is 35.5. The van der Waals surface area contributed by atoms with Crippen LogP contribution in [0.3, 0.4) is 0 Å². The van der Waals surface area contributed by atoms with Gasteiger partial charge in [0.15, 0.2) is 5.58 Å². The highest BCUT2D eigenvalue weighted by Gasteiger charge is 2.20. The van der Waals surface area contributed by atoms with E-state index in [2.05, 4.69) is 9.88 Å². The fourth-order valence-electron chi connectivity index (χ4n) is 4.03. The predicted octanol–water partition coefficient (Wildman–Crippen LogP) is 4.56. The molecule has 1 aliphatic rings. The smallest absolute Gasteiger partial charge is 0.348 e. The van der Waals surface area contributed by atoms with Gasteiger partial charge in [0.1, 0.15) is 16.8 Å². The Kier molecular flexibility index (Phi) is 4.41. The second-order valence-corrected chi connectivity index (χ2v) is 7.67. The first-order chi connectivity index (χ1) is 13.7. The molecular formula is C22H20ClN3O2. The molecule has 28 heavy (non-hydrogen) atoms. The Bertz CT molecular complexity index is 1210. The zero-order chi connectivity index (χ0) is 19.1. The van der Waals surface area contributed by atoms with E-state index < -0.39 is 0 Å². The van der Waals surface area contributed by atoms with Gasteiger partial charge in [-0.2, -0.15) is 4.98 Å². The van der Waals surface area contributed by atoms with E-state index in [4.69, 9.17) is 16.0 Å². The molecule has 3 heterocycles. The number of hydrogen-bond acceptors (Lipinski definition) is 4. The number of halogens is 1. The summed E-state index contributed by atoms with van der Waals surface area (Å²) in [7, 11) is 0. The lowest BCUT2D eigenvalue weighted by Crippen LogP contribution is -2.30. The molecular weight excluding hydrogens is 374 g/mol. The minimum Gasteiger partial charge on any atom is -0.452 e. The Morgan fingerprint density at radius 3 is 2.61 bits per heavy atom. The molecule has 0 bridgehead atoms. The normalized spacial score (nSPS) is 15.0. The maximum absolute atomic E-state index is 13.0. The van der Waals surface area contributed by atoms with Gasteiger partial charge in [0.05, 0.1) is 0 Å². The van der Waals surface area contributed by atoms with Crippen LogP contribution >= 0.6 is 11.6 Å². The molecule has 1 saturated heterocycles. The predicted molar refractivity (Wildman–Crippen MR) is 112 cm³/mol. The van der Waals surface area contributed by atoms with Crippen molar-refractivity contribution in [2.24, 2.45) is 0 Å². The van der Waals surface area contributed by atoms with Gasteiger partial charge in [-0.15, -0.1) is 0 Å². The van der Waals surface area contributed by atoms with Gasteiger partial charge in [0.25, 0.3) is 0 Å². The molecule has 0 atom stereocenters. The molecule has 5 rings (SSSR count). The van der Waals surface area contributed by atoms with Crippen molar-refractivity contribution >= 4 is 33.7 Å². The minimum atomic E-state index is -0.256. The molecule has 0 saturated carbocycles. The number of benzene rings is 2. The van der Waals surface area contributed by atoms with Crippen molar-refractivity contribution in [1.82, 2.24) is 14.5 Å². The second kappa shape index (κ2) is 7.08. The zero-order valence-corrected chi connectivity index (χ0v) is 16.2. The quantitative estimate of drug-likeness (QED) is 0.510. The number of aromatic nitrogens is 2. The molecule has 4 aromatic rings. The van der Waals surface area contributed by atoms with Crippen LogP contribution in [0.2, 0.25) is 5.02 Å². The summed E-state index contributed by atoms with van der Waals surface area (Å²) in [5.74, 6) is 0. The van der Waals surface area contributed by atoms with Gasteiger partial charge in [0, 0.05) is 29.1 Å². The SMILES string of the molecule is O=c1nc(-c2ccccc2)c2oc3ccc(Cl)cc3c2n1CCN1CCCC1. The first-order valence-electron chi connectivity index (χ1n) is 9.61. The molecule has 5 nitrogen and oxygen atoms in total. The van der Waals surface area contributed by atoms with Gasteiger partial charge in [-0.3, -0.25) is 4.57 Å². The molecule has 0 unspecified atom stereocenters.